The highest BCUT2D eigenvalue weighted by atomic mass is 16.3. The number of rotatable bonds is 2. The van der Waals surface area contributed by atoms with Gasteiger partial charge in [-0.3, -0.25) is 4.79 Å². The SMILES string of the molecule is C=CC=C(C)c1c[nH]c(=O)c(O)c1. The van der Waals surface area contributed by atoms with E-state index in [0.29, 0.717) is 0 Å². The van der Waals surface area contributed by atoms with Crippen molar-refractivity contribution in [2.24, 2.45) is 0 Å². The second-order valence-corrected chi connectivity index (χ2v) is 2.69. The number of hydrogen-bond acceptors (Lipinski definition) is 2. The zero-order valence-electron chi connectivity index (χ0n) is 7.37. The number of pyridine rings is 1. The van der Waals surface area contributed by atoms with E-state index in [1.165, 1.54) is 6.07 Å². The Bertz CT molecular complexity index is 402. The van der Waals surface area contributed by atoms with Crippen molar-refractivity contribution in [3.63, 3.8) is 0 Å². The summed E-state index contributed by atoms with van der Waals surface area (Å²) in [5.41, 5.74) is 1.23. The molecule has 2 N–H and O–H groups in total. The molecule has 1 rings (SSSR count). The summed E-state index contributed by atoms with van der Waals surface area (Å²) >= 11 is 0. The van der Waals surface area contributed by atoms with Gasteiger partial charge in [-0.05, 0) is 24.1 Å². The maximum Gasteiger partial charge on any atom is 0.290 e. The fourth-order valence-electron chi connectivity index (χ4n) is 0.972. The lowest BCUT2D eigenvalue weighted by Crippen LogP contribution is -2.04. The summed E-state index contributed by atoms with van der Waals surface area (Å²) < 4.78 is 0. The van der Waals surface area contributed by atoms with Crippen molar-refractivity contribution in [2.75, 3.05) is 0 Å². The number of aromatic amines is 1. The molecule has 0 aliphatic carbocycles. The van der Waals surface area contributed by atoms with E-state index in [1.807, 2.05) is 6.92 Å². The van der Waals surface area contributed by atoms with Crippen molar-refractivity contribution >= 4 is 5.57 Å². The zero-order chi connectivity index (χ0) is 9.84. The predicted octanol–water partition coefficient (Wildman–Crippen LogP) is 1.67. The van der Waals surface area contributed by atoms with E-state index in [4.69, 9.17) is 5.11 Å². The van der Waals surface area contributed by atoms with E-state index in [1.54, 1.807) is 18.3 Å². The van der Waals surface area contributed by atoms with Gasteiger partial charge in [-0.15, -0.1) is 0 Å². The van der Waals surface area contributed by atoms with Crippen LogP contribution in [0.4, 0.5) is 0 Å². The van der Waals surface area contributed by atoms with Crippen LogP contribution >= 0.6 is 0 Å². The lowest BCUT2D eigenvalue weighted by molar-refractivity contribution is 0.466. The third kappa shape index (κ3) is 2.08. The first-order valence-electron chi connectivity index (χ1n) is 3.86. The van der Waals surface area contributed by atoms with E-state index in [0.717, 1.165) is 11.1 Å². The first-order valence-corrected chi connectivity index (χ1v) is 3.86. The van der Waals surface area contributed by atoms with Crippen LogP contribution < -0.4 is 5.56 Å². The molecule has 0 radical (unpaired) electrons. The Hall–Kier alpha value is -1.77. The van der Waals surface area contributed by atoms with Crippen LogP contribution in [0.1, 0.15) is 12.5 Å². The number of nitrogens with one attached hydrogen (secondary N) is 1. The molecule has 0 saturated heterocycles. The normalized spacial score (nSPS) is 11.3. The number of hydrogen-bond donors (Lipinski definition) is 2. The molecule has 1 heterocycles. The van der Waals surface area contributed by atoms with E-state index in [9.17, 15) is 4.79 Å². The van der Waals surface area contributed by atoms with Gasteiger partial charge in [0.1, 0.15) is 0 Å². The summed E-state index contributed by atoms with van der Waals surface area (Å²) in [5, 5.41) is 9.12. The van der Waals surface area contributed by atoms with Gasteiger partial charge >= 0.3 is 0 Å². The summed E-state index contributed by atoms with van der Waals surface area (Å²) in [6.45, 7) is 5.43. The molecule has 0 fully saturated rings. The molecular weight excluding hydrogens is 166 g/mol. The van der Waals surface area contributed by atoms with E-state index >= 15 is 0 Å². The van der Waals surface area contributed by atoms with Gasteiger partial charge in [0.25, 0.3) is 5.56 Å². The van der Waals surface area contributed by atoms with Gasteiger partial charge in [0, 0.05) is 6.20 Å². The topological polar surface area (TPSA) is 53.1 Å². The number of allylic oxidation sites excluding steroid dienone is 3. The highest BCUT2D eigenvalue weighted by Gasteiger charge is 1.99. The number of H-pyrrole nitrogens is 1. The van der Waals surface area contributed by atoms with Crippen LogP contribution in [0.5, 0.6) is 5.75 Å². The molecule has 0 bridgehead atoms. The molecule has 0 aliphatic rings. The standard InChI is InChI=1S/C10H11NO2/c1-3-4-7(2)8-5-9(12)10(13)11-6-8/h3-6,12H,1H2,2H3,(H,11,13). The Morgan fingerprint density at radius 2 is 2.38 bits per heavy atom. The maximum absolute atomic E-state index is 10.8. The summed E-state index contributed by atoms with van der Waals surface area (Å²) in [6, 6.07) is 1.42. The second kappa shape index (κ2) is 3.76. The first kappa shape index (κ1) is 9.32. The van der Waals surface area contributed by atoms with Gasteiger partial charge < -0.3 is 10.1 Å². The van der Waals surface area contributed by atoms with Crippen LogP contribution in [0, 0.1) is 0 Å². The van der Waals surface area contributed by atoms with Crippen LogP contribution in [0.2, 0.25) is 0 Å². The molecule has 0 unspecified atom stereocenters. The van der Waals surface area contributed by atoms with Gasteiger partial charge in [0.2, 0.25) is 0 Å². The molecule has 0 saturated carbocycles. The minimum Gasteiger partial charge on any atom is -0.503 e. The van der Waals surface area contributed by atoms with E-state index in [-0.39, 0.29) is 5.75 Å². The lowest BCUT2D eigenvalue weighted by atomic mass is 10.1. The van der Waals surface area contributed by atoms with Crippen molar-refractivity contribution in [1.82, 2.24) is 4.98 Å². The van der Waals surface area contributed by atoms with Gasteiger partial charge in [0.05, 0.1) is 0 Å². The Kier molecular flexibility index (Phi) is 2.69. The van der Waals surface area contributed by atoms with Crippen molar-refractivity contribution in [3.8, 4) is 5.75 Å². The molecule has 68 valence electrons. The third-order valence-electron chi connectivity index (χ3n) is 1.71. The van der Waals surface area contributed by atoms with Gasteiger partial charge in [-0.2, -0.15) is 0 Å². The zero-order valence-corrected chi connectivity index (χ0v) is 7.37. The smallest absolute Gasteiger partial charge is 0.290 e. The van der Waals surface area contributed by atoms with Crippen LogP contribution in [0.3, 0.4) is 0 Å². The monoisotopic (exact) mass is 177 g/mol. The van der Waals surface area contributed by atoms with Crippen molar-refractivity contribution in [3.05, 3.63) is 46.9 Å². The van der Waals surface area contributed by atoms with E-state index < -0.39 is 5.56 Å². The van der Waals surface area contributed by atoms with Crippen molar-refractivity contribution in [1.29, 1.82) is 0 Å². The minimum atomic E-state index is -0.477. The fraction of sp³-hybridized carbons (Fsp3) is 0.100. The first-order chi connectivity index (χ1) is 6.15. The molecule has 3 heteroatoms. The molecular formula is C10H11NO2. The molecule has 13 heavy (non-hydrogen) atoms. The van der Waals surface area contributed by atoms with Gasteiger partial charge in [-0.25, -0.2) is 0 Å². The average molecular weight is 177 g/mol. The summed E-state index contributed by atoms with van der Waals surface area (Å²) in [6.07, 6.45) is 5.00. The molecule has 0 aliphatic heterocycles. The summed E-state index contributed by atoms with van der Waals surface area (Å²) in [5.74, 6) is -0.269. The van der Waals surface area contributed by atoms with Crippen LogP contribution in [0.15, 0.2) is 35.8 Å². The van der Waals surface area contributed by atoms with Crippen LogP contribution in [-0.4, -0.2) is 10.1 Å². The molecule has 3 nitrogen and oxygen atoms in total. The van der Waals surface area contributed by atoms with Gasteiger partial charge in [0.15, 0.2) is 5.75 Å². The molecule has 1 aromatic heterocycles. The average Bonchev–Trinajstić information content (AvgIpc) is 2.10. The highest BCUT2D eigenvalue weighted by molar-refractivity contribution is 5.65. The Morgan fingerprint density at radius 1 is 1.69 bits per heavy atom. The van der Waals surface area contributed by atoms with E-state index in [2.05, 4.69) is 11.6 Å². The molecule has 1 aromatic rings. The number of aromatic hydroxyl groups is 1. The molecule has 0 spiro atoms. The fourth-order valence-corrected chi connectivity index (χ4v) is 0.972. The van der Waals surface area contributed by atoms with Gasteiger partial charge in [-0.1, -0.05) is 18.7 Å². The van der Waals surface area contributed by atoms with Crippen molar-refractivity contribution in [2.45, 2.75) is 6.92 Å². The Labute approximate surface area is 76.1 Å². The van der Waals surface area contributed by atoms with Crippen LogP contribution in [0.25, 0.3) is 5.57 Å². The summed E-state index contributed by atoms with van der Waals surface area (Å²) in [7, 11) is 0. The van der Waals surface area contributed by atoms with Crippen molar-refractivity contribution < 1.29 is 5.11 Å². The molecule has 0 amide bonds. The predicted molar refractivity (Wildman–Crippen MR) is 52.6 cm³/mol. The summed E-state index contributed by atoms with van der Waals surface area (Å²) in [4.78, 5) is 13.2. The molecule has 0 atom stereocenters. The third-order valence-corrected chi connectivity index (χ3v) is 1.71. The quantitative estimate of drug-likeness (QED) is 0.675. The second-order valence-electron chi connectivity index (χ2n) is 2.69. The number of aromatic nitrogens is 1. The van der Waals surface area contributed by atoms with Crippen LogP contribution in [-0.2, 0) is 0 Å². The largest absolute Gasteiger partial charge is 0.503 e. The minimum absolute atomic E-state index is 0.269. The maximum atomic E-state index is 10.8. The molecule has 0 aromatic carbocycles. The Balaban J connectivity index is 3.18. The Morgan fingerprint density at radius 3 is 2.92 bits per heavy atom. The lowest BCUT2D eigenvalue weighted by Gasteiger charge is -1.99. The highest BCUT2D eigenvalue weighted by Crippen LogP contribution is 2.14.